The van der Waals surface area contributed by atoms with Crippen LogP contribution in [0.25, 0.3) is 11.0 Å². The van der Waals surface area contributed by atoms with Gasteiger partial charge in [-0.05, 0) is 18.2 Å². The van der Waals surface area contributed by atoms with E-state index in [1.165, 1.54) is 11.3 Å². The zero-order valence-corrected chi connectivity index (χ0v) is 10.2. The first kappa shape index (κ1) is 10.5. The van der Waals surface area contributed by atoms with E-state index >= 15 is 0 Å². The Hall–Kier alpha value is -1.66. The highest BCUT2D eigenvalue weighted by Gasteiger charge is 2.01. The lowest BCUT2D eigenvalue weighted by atomic mass is 10.3. The van der Waals surface area contributed by atoms with E-state index in [0.29, 0.717) is 11.0 Å². The highest BCUT2D eigenvalue weighted by atomic mass is 35.5. The van der Waals surface area contributed by atoms with Gasteiger partial charge >= 0.3 is 0 Å². The standard InChI is InChI=1S/C10H8ClN5S/c11-10-13-5-7(17-10)4-12-6-1-2-8-9(3-6)15-16-14-8/h1-3,5,12H,4H2,(H,14,15,16). The summed E-state index contributed by atoms with van der Waals surface area (Å²) < 4.78 is 0.564. The van der Waals surface area contributed by atoms with E-state index in [1.54, 1.807) is 6.20 Å². The second-order valence-electron chi connectivity index (χ2n) is 3.46. The third-order valence-corrected chi connectivity index (χ3v) is 3.42. The molecule has 0 aliphatic rings. The Morgan fingerprint density at radius 2 is 2.18 bits per heavy atom. The van der Waals surface area contributed by atoms with Crippen LogP contribution in [0.15, 0.2) is 24.4 Å². The molecule has 0 radical (unpaired) electrons. The van der Waals surface area contributed by atoms with Gasteiger partial charge in [0.15, 0.2) is 4.47 Å². The van der Waals surface area contributed by atoms with Crippen LogP contribution < -0.4 is 5.32 Å². The molecule has 2 aromatic heterocycles. The van der Waals surface area contributed by atoms with Crippen molar-refractivity contribution in [3.63, 3.8) is 0 Å². The number of nitrogens with zero attached hydrogens (tertiary/aromatic N) is 3. The van der Waals surface area contributed by atoms with Gasteiger partial charge in [0, 0.05) is 16.8 Å². The largest absolute Gasteiger partial charge is 0.380 e. The van der Waals surface area contributed by atoms with Crippen LogP contribution in [0.1, 0.15) is 4.88 Å². The third-order valence-electron chi connectivity index (χ3n) is 2.31. The molecule has 2 heterocycles. The highest BCUT2D eigenvalue weighted by Crippen LogP contribution is 2.20. The van der Waals surface area contributed by atoms with Gasteiger partial charge in [0.25, 0.3) is 0 Å². The molecule has 0 unspecified atom stereocenters. The van der Waals surface area contributed by atoms with Crippen LogP contribution in [0.5, 0.6) is 0 Å². The number of rotatable bonds is 3. The Bertz CT molecular complexity index is 647. The minimum absolute atomic E-state index is 0.564. The summed E-state index contributed by atoms with van der Waals surface area (Å²) in [5, 5.41) is 13.9. The number of fused-ring (bicyclic) bond motifs is 1. The highest BCUT2D eigenvalue weighted by molar-refractivity contribution is 7.15. The van der Waals surface area contributed by atoms with Gasteiger partial charge in [-0.25, -0.2) is 4.98 Å². The second-order valence-corrected chi connectivity index (χ2v) is 5.16. The van der Waals surface area contributed by atoms with Crippen molar-refractivity contribution in [3.8, 4) is 0 Å². The van der Waals surface area contributed by atoms with Crippen LogP contribution in [0.2, 0.25) is 4.47 Å². The first-order chi connectivity index (χ1) is 8.31. The molecule has 5 nitrogen and oxygen atoms in total. The predicted molar refractivity (Wildman–Crippen MR) is 68.3 cm³/mol. The summed E-state index contributed by atoms with van der Waals surface area (Å²) in [6, 6.07) is 5.83. The van der Waals surface area contributed by atoms with E-state index in [9.17, 15) is 0 Å². The Morgan fingerprint density at radius 3 is 3.00 bits per heavy atom. The number of hydrogen-bond donors (Lipinski definition) is 2. The predicted octanol–water partition coefficient (Wildman–Crippen LogP) is 2.68. The fourth-order valence-corrected chi connectivity index (χ4v) is 2.42. The van der Waals surface area contributed by atoms with E-state index in [2.05, 4.69) is 25.7 Å². The number of benzene rings is 1. The Balaban J connectivity index is 1.76. The van der Waals surface area contributed by atoms with E-state index in [4.69, 9.17) is 11.6 Å². The van der Waals surface area contributed by atoms with Crippen LogP contribution in [-0.4, -0.2) is 20.4 Å². The average Bonchev–Trinajstić information content (AvgIpc) is 2.94. The van der Waals surface area contributed by atoms with Crippen LogP contribution in [0, 0.1) is 0 Å². The lowest BCUT2D eigenvalue weighted by Crippen LogP contribution is -1.96. The second kappa shape index (κ2) is 4.31. The van der Waals surface area contributed by atoms with Gasteiger partial charge in [-0.15, -0.1) is 11.3 Å². The van der Waals surface area contributed by atoms with Crippen molar-refractivity contribution >= 4 is 39.7 Å². The molecule has 1 aromatic carbocycles. The normalized spacial score (nSPS) is 10.9. The number of anilines is 1. The molecule has 0 atom stereocenters. The van der Waals surface area contributed by atoms with Crippen LogP contribution in [0.3, 0.4) is 0 Å². The summed E-state index contributed by atoms with van der Waals surface area (Å²) in [6.07, 6.45) is 1.77. The summed E-state index contributed by atoms with van der Waals surface area (Å²) in [5.74, 6) is 0. The molecule has 0 saturated carbocycles. The van der Waals surface area contributed by atoms with Crippen molar-refractivity contribution in [2.24, 2.45) is 0 Å². The monoisotopic (exact) mass is 265 g/mol. The number of aromatic amines is 1. The number of thiazole rings is 1. The number of H-pyrrole nitrogens is 1. The molecule has 0 amide bonds. The Kier molecular flexibility index (Phi) is 2.66. The zero-order valence-electron chi connectivity index (χ0n) is 8.64. The fourth-order valence-electron chi connectivity index (χ4n) is 1.50. The minimum atomic E-state index is 0.564. The van der Waals surface area contributed by atoms with E-state index in [0.717, 1.165) is 21.6 Å². The lowest BCUT2D eigenvalue weighted by Gasteiger charge is -2.03. The van der Waals surface area contributed by atoms with Gasteiger partial charge in [-0.1, -0.05) is 11.6 Å². The SMILES string of the molecule is Clc1ncc(CNc2ccc3n[nH]nc3c2)s1. The summed E-state index contributed by atoms with van der Waals surface area (Å²) in [4.78, 5) is 5.08. The van der Waals surface area contributed by atoms with Crippen molar-refractivity contribution in [1.29, 1.82) is 0 Å². The summed E-state index contributed by atoms with van der Waals surface area (Å²) in [6.45, 7) is 0.702. The summed E-state index contributed by atoms with van der Waals surface area (Å²) in [7, 11) is 0. The van der Waals surface area contributed by atoms with Gasteiger partial charge in [-0.2, -0.15) is 15.4 Å². The molecular formula is C10H8ClN5S. The molecule has 86 valence electrons. The first-order valence-electron chi connectivity index (χ1n) is 4.96. The average molecular weight is 266 g/mol. The van der Waals surface area contributed by atoms with Crippen molar-refractivity contribution < 1.29 is 0 Å². The Labute approximate surface area is 106 Å². The van der Waals surface area contributed by atoms with Crippen LogP contribution in [0.4, 0.5) is 5.69 Å². The molecule has 17 heavy (non-hydrogen) atoms. The van der Waals surface area contributed by atoms with Gasteiger partial charge in [0.05, 0.1) is 6.54 Å². The molecular weight excluding hydrogens is 258 g/mol. The molecule has 0 aliphatic heterocycles. The maximum absolute atomic E-state index is 5.76. The quantitative estimate of drug-likeness (QED) is 0.764. The molecule has 0 spiro atoms. The van der Waals surface area contributed by atoms with Gasteiger partial charge in [-0.3, -0.25) is 0 Å². The van der Waals surface area contributed by atoms with Gasteiger partial charge in [0.1, 0.15) is 11.0 Å². The van der Waals surface area contributed by atoms with Gasteiger partial charge < -0.3 is 5.32 Å². The van der Waals surface area contributed by atoms with E-state index < -0.39 is 0 Å². The molecule has 0 bridgehead atoms. The van der Waals surface area contributed by atoms with Crippen LogP contribution >= 0.6 is 22.9 Å². The maximum atomic E-state index is 5.76. The number of aromatic nitrogens is 4. The molecule has 2 N–H and O–H groups in total. The van der Waals surface area contributed by atoms with Crippen molar-refractivity contribution in [2.75, 3.05) is 5.32 Å². The number of halogens is 1. The Morgan fingerprint density at radius 1 is 1.29 bits per heavy atom. The molecule has 0 saturated heterocycles. The third kappa shape index (κ3) is 2.22. The number of hydrogen-bond acceptors (Lipinski definition) is 5. The molecule has 7 heteroatoms. The van der Waals surface area contributed by atoms with E-state index in [1.807, 2.05) is 18.2 Å². The topological polar surface area (TPSA) is 66.5 Å². The fraction of sp³-hybridized carbons (Fsp3) is 0.100. The lowest BCUT2D eigenvalue weighted by molar-refractivity contribution is 0.959. The van der Waals surface area contributed by atoms with Crippen molar-refractivity contribution in [3.05, 3.63) is 33.7 Å². The van der Waals surface area contributed by atoms with Crippen molar-refractivity contribution in [1.82, 2.24) is 20.4 Å². The first-order valence-corrected chi connectivity index (χ1v) is 6.15. The number of nitrogens with one attached hydrogen (secondary N) is 2. The van der Waals surface area contributed by atoms with Gasteiger partial charge in [0.2, 0.25) is 0 Å². The maximum Gasteiger partial charge on any atom is 0.183 e. The molecule has 0 aliphatic carbocycles. The molecule has 3 aromatic rings. The van der Waals surface area contributed by atoms with E-state index in [-0.39, 0.29) is 0 Å². The minimum Gasteiger partial charge on any atom is -0.380 e. The zero-order chi connectivity index (χ0) is 11.7. The summed E-state index contributed by atoms with van der Waals surface area (Å²) in [5.41, 5.74) is 2.70. The van der Waals surface area contributed by atoms with Crippen molar-refractivity contribution in [2.45, 2.75) is 6.54 Å². The van der Waals surface area contributed by atoms with Crippen LogP contribution in [-0.2, 0) is 6.54 Å². The molecule has 0 fully saturated rings. The summed E-state index contributed by atoms with van der Waals surface area (Å²) >= 11 is 7.23. The molecule has 3 rings (SSSR count). The smallest absolute Gasteiger partial charge is 0.183 e.